The van der Waals surface area contributed by atoms with Crippen molar-refractivity contribution in [3.63, 3.8) is 0 Å². The molecule has 1 atom stereocenters. The third-order valence-corrected chi connectivity index (χ3v) is 7.69. The van der Waals surface area contributed by atoms with E-state index in [0.717, 1.165) is 23.8 Å². The van der Waals surface area contributed by atoms with Crippen LogP contribution in [0.5, 0.6) is 11.5 Å². The topological polar surface area (TPSA) is 98.2 Å². The molecule has 1 aliphatic heterocycles. The Morgan fingerprint density at radius 1 is 1.13 bits per heavy atom. The maximum atomic E-state index is 13.5. The molecule has 39 heavy (non-hydrogen) atoms. The normalized spacial score (nSPS) is 13.4. The van der Waals surface area contributed by atoms with Gasteiger partial charge in [-0.15, -0.1) is 16.4 Å². The number of tetrazole rings is 1. The van der Waals surface area contributed by atoms with Gasteiger partial charge < -0.3 is 14.5 Å². The number of nitrogens with zero attached hydrogens (tertiary/aromatic N) is 5. The molecule has 0 saturated heterocycles. The summed E-state index contributed by atoms with van der Waals surface area (Å²) in [4.78, 5) is 19.7. The van der Waals surface area contributed by atoms with Gasteiger partial charge in [-0.3, -0.25) is 9.69 Å². The van der Waals surface area contributed by atoms with Gasteiger partial charge in [0.25, 0.3) is 5.56 Å². The number of rotatable bonds is 10. The van der Waals surface area contributed by atoms with E-state index in [1.54, 1.807) is 34.2 Å². The highest BCUT2D eigenvalue weighted by Crippen LogP contribution is 2.35. The standard InChI is InChI=1S/C28H27FN6O3S/c1-2-4-24(27-31-32-33-35(27)14-18-6-8-21(29)9-7-18)34(16-22-5-3-10-39-22)15-20-11-19-12-25-26(38-17-37-25)13-23(19)30-28(20)36/h3,5-13,24H,2,4,14-17H2,1H3,(H,30,36)/t24-/m0/s1. The first-order valence-electron chi connectivity index (χ1n) is 12.8. The molecule has 2 aromatic carbocycles. The van der Waals surface area contributed by atoms with Gasteiger partial charge in [-0.1, -0.05) is 31.5 Å². The van der Waals surface area contributed by atoms with Gasteiger partial charge in [-0.05, 0) is 58.1 Å². The average molecular weight is 547 g/mol. The van der Waals surface area contributed by atoms with E-state index in [1.165, 1.54) is 17.0 Å². The fourth-order valence-corrected chi connectivity index (χ4v) is 5.66. The van der Waals surface area contributed by atoms with E-state index in [2.05, 4.69) is 38.4 Å². The Labute approximate surface area is 227 Å². The maximum absolute atomic E-state index is 13.5. The lowest BCUT2D eigenvalue weighted by Gasteiger charge is -2.30. The van der Waals surface area contributed by atoms with E-state index in [4.69, 9.17) is 9.47 Å². The monoisotopic (exact) mass is 546 g/mol. The molecule has 0 unspecified atom stereocenters. The number of pyridine rings is 1. The van der Waals surface area contributed by atoms with Crippen LogP contribution in [0.4, 0.5) is 4.39 Å². The van der Waals surface area contributed by atoms with E-state index in [-0.39, 0.29) is 24.2 Å². The summed E-state index contributed by atoms with van der Waals surface area (Å²) in [7, 11) is 0. The number of ether oxygens (including phenoxy) is 2. The highest BCUT2D eigenvalue weighted by Gasteiger charge is 2.27. The first-order chi connectivity index (χ1) is 19.1. The highest BCUT2D eigenvalue weighted by atomic mass is 32.1. The van der Waals surface area contributed by atoms with E-state index < -0.39 is 0 Å². The lowest BCUT2D eigenvalue weighted by atomic mass is 10.1. The lowest BCUT2D eigenvalue weighted by molar-refractivity contribution is 0.157. The van der Waals surface area contributed by atoms with Crippen molar-refractivity contribution in [2.45, 2.75) is 45.4 Å². The van der Waals surface area contributed by atoms with Gasteiger partial charge in [0.1, 0.15) is 5.82 Å². The van der Waals surface area contributed by atoms with Gasteiger partial charge in [0.15, 0.2) is 17.3 Å². The number of halogens is 1. The summed E-state index contributed by atoms with van der Waals surface area (Å²) < 4.78 is 26.2. The Morgan fingerprint density at radius 2 is 1.95 bits per heavy atom. The van der Waals surface area contributed by atoms with Gasteiger partial charge in [0.05, 0.1) is 18.1 Å². The molecule has 0 bridgehead atoms. The van der Waals surface area contributed by atoms with Gasteiger partial charge in [0.2, 0.25) is 6.79 Å². The quantitative estimate of drug-likeness (QED) is 0.262. The number of hydrogen-bond donors (Lipinski definition) is 1. The van der Waals surface area contributed by atoms with Crippen molar-refractivity contribution in [2.75, 3.05) is 6.79 Å². The molecule has 0 radical (unpaired) electrons. The van der Waals surface area contributed by atoms with Gasteiger partial charge in [0, 0.05) is 35.0 Å². The molecule has 0 spiro atoms. The second-order valence-corrected chi connectivity index (χ2v) is 10.6. The van der Waals surface area contributed by atoms with Crippen molar-refractivity contribution < 1.29 is 13.9 Å². The summed E-state index contributed by atoms with van der Waals surface area (Å²) in [6.07, 6.45) is 1.69. The minimum Gasteiger partial charge on any atom is -0.454 e. The van der Waals surface area contributed by atoms with Crippen LogP contribution < -0.4 is 15.0 Å². The molecule has 0 fully saturated rings. The van der Waals surface area contributed by atoms with Crippen molar-refractivity contribution in [3.8, 4) is 11.5 Å². The van der Waals surface area contributed by atoms with Crippen LogP contribution in [0.3, 0.4) is 0 Å². The zero-order chi connectivity index (χ0) is 26.8. The molecule has 1 N–H and O–H groups in total. The van der Waals surface area contributed by atoms with Crippen LogP contribution in [0.2, 0.25) is 0 Å². The van der Waals surface area contributed by atoms with Crippen LogP contribution in [-0.4, -0.2) is 36.9 Å². The summed E-state index contributed by atoms with van der Waals surface area (Å²) in [6.45, 7) is 3.73. The summed E-state index contributed by atoms with van der Waals surface area (Å²) in [5, 5.41) is 15.6. The van der Waals surface area contributed by atoms with E-state index in [0.29, 0.717) is 48.0 Å². The van der Waals surface area contributed by atoms with E-state index in [1.807, 2.05) is 23.6 Å². The van der Waals surface area contributed by atoms with Crippen LogP contribution in [0.1, 0.15) is 47.6 Å². The van der Waals surface area contributed by atoms with Crippen molar-refractivity contribution in [2.24, 2.45) is 0 Å². The Balaban J connectivity index is 1.36. The fourth-order valence-electron chi connectivity index (χ4n) is 4.93. The number of nitrogens with one attached hydrogen (secondary N) is 1. The van der Waals surface area contributed by atoms with Gasteiger partial charge >= 0.3 is 0 Å². The van der Waals surface area contributed by atoms with Crippen molar-refractivity contribution in [3.05, 3.63) is 98.0 Å². The average Bonchev–Trinajstić information content (AvgIpc) is 3.70. The third kappa shape index (κ3) is 5.41. The predicted molar refractivity (Wildman–Crippen MR) is 145 cm³/mol. The van der Waals surface area contributed by atoms with Crippen molar-refractivity contribution in [1.82, 2.24) is 30.1 Å². The Hall–Kier alpha value is -4.09. The second kappa shape index (κ2) is 11.0. The largest absolute Gasteiger partial charge is 0.454 e. The predicted octanol–water partition coefficient (Wildman–Crippen LogP) is 5.04. The summed E-state index contributed by atoms with van der Waals surface area (Å²) in [5.74, 6) is 1.71. The maximum Gasteiger partial charge on any atom is 0.252 e. The number of thiophene rings is 1. The first kappa shape index (κ1) is 25.2. The Kier molecular flexibility index (Phi) is 7.08. The van der Waals surface area contributed by atoms with E-state index in [9.17, 15) is 9.18 Å². The molecule has 5 aromatic rings. The third-order valence-electron chi connectivity index (χ3n) is 6.83. The van der Waals surface area contributed by atoms with Crippen LogP contribution in [0, 0.1) is 5.82 Å². The highest BCUT2D eigenvalue weighted by molar-refractivity contribution is 7.09. The number of fused-ring (bicyclic) bond motifs is 2. The van der Waals surface area contributed by atoms with Crippen LogP contribution in [-0.2, 0) is 19.6 Å². The Bertz CT molecular complexity index is 1630. The molecular weight excluding hydrogens is 519 g/mol. The molecule has 11 heteroatoms. The first-order valence-corrected chi connectivity index (χ1v) is 13.7. The minimum atomic E-state index is -0.286. The van der Waals surface area contributed by atoms with Crippen LogP contribution in [0.25, 0.3) is 10.9 Å². The molecule has 4 heterocycles. The molecule has 1 aliphatic rings. The Morgan fingerprint density at radius 3 is 2.72 bits per heavy atom. The minimum absolute atomic E-state index is 0.153. The SMILES string of the molecule is CCC[C@@H](c1nnnn1Cc1ccc(F)cc1)N(Cc1cccs1)Cc1cc2cc3c(cc2[nH]c1=O)OCO3. The van der Waals surface area contributed by atoms with Crippen molar-refractivity contribution in [1.29, 1.82) is 0 Å². The molecular formula is C28H27FN6O3S. The molecule has 0 saturated carbocycles. The number of benzene rings is 2. The number of hydrogen-bond acceptors (Lipinski definition) is 8. The zero-order valence-electron chi connectivity index (χ0n) is 21.3. The summed E-state index contributed by atoms with van der Waals surface area (Å²) in [6, 6.07) is 15.9. The second-order valence-electron chi connectivity index (χ2n) is 9.53. The molecule has 200 valence electrons. The number of H-pyrrole nitrogens is 1. The molecule has 6 rings (SSSR count). The molecule has 9 nitrogen and oxygen atoms in total. The van der Waals surface area contributed by atoms with Gasteiger partial charge in [-0.25, -0.2) is 9.07 Å². The van der Waals surface area contributed by atoms with Crippen LogP contribution in [0.15, 0.2) is 64.8 Å². The summed E-state index contributed by atoms with van der Waals surface area (Å²) >= 11 is 1.67. The van der Waals surface area contributed by atoms with Gasteiger partial charge in [-0.2, -0.15) is 0 Å². The zero-order valence-corrected chi connectivity index (χ0v) is 22.2. The molecule has 3 aromatic heterocycles. The summed E-state index contributed by atoms with van der Waals surface area (Å²) in [5.41, 5.74) is 2.08. The van der Waals surface area contributed by atoms with Crippen molar-refractivity contribution >= 4 is 22.2 Å². The lowest BCUT2D eigenvalue weighted by Crippen LogP contribution is -2.32. The number of aromatic amines is 1. The molecule has 0 amide bonds. The number of aromatic nitrogens is 5. The molecule has 0 aliphatic carbocycles. The van der Waals surface area contributed by atoms with E-state index >= 15 is 0 Å². The fraction of sp³-hybridized carbons (Fsp3) is 0.286. The van der Waals surface area contributed by atoms with Crippen LogP contribution >= 0.6 is 11.3 Å². The smallest absolute Gasteiger partial charge is 0.252 e.